The molecule has 1 aliphatic heterocycles. The van der Waals surface area contributed by atoms with Crippen molar-refractivity contribution in [3.05, 3.63) is 24.5 Å². The first-order chi connectivity index (χ1) is 9.47. The number of aliphatic hydroxyl groups is 1. The Hall–Kier alpha value is -1.09. The molecular weight excluding hydrogens is 252 g/mol. The fourth-order valence-corrected chi connectivity index (χ4v) is 4.68. The van der Waals surface area contributed by atoms with Crippen molar-refractivity contribution < 1.29 is 14.6 Å². The molecule has 110 valence electrons. The number of aliphatic hydroxyl groups excluding tert-OH is 1. The third kappa shape index (κ3) is 1.47. The molecule has 0 radical (unpaired) electrons. The molecule has 1 heterocycles. The molecule has 0 spiro atoms. The van der Waals surface area contributed by atoms with Gasteiger partial charge in [-0.05, 0) is 32.6 Å². The summed E-state index contributed by atoms with van der Waals surface area (Å²) in [5, 5.41) is 11.0. The minimum Gasteiger partial charge on any atom is -0.490 e. The van der Waals surface area contributed by atoms with Gasteiger partial charge in [-0.15, -0.1) is 0 Å². The van der Waals surface area contributed by atoms with E-state index in [9.17, 15) is 9.90 Å². The zero-order valence-electron chi connectivity index (χ0n) is 12.4. The fourth-order valence-electron chi connectivity index (χ4n) is 4.68. The first-order valence-electron chi connectivity index (χ1n) is 7.73. The van der Waals surface area contributed by atoms with E-state index in [-0.39, 0.29) is 17.6 Å². The molecule has 0 aromatic carbocycles. The highest BCUT2D eigenvalue weighted by molar-refractivity contribution is 5.88. The van der Waals surface area contributed by atoms with Crippen LogP contribution in [-0.2, 0) is 9.53 Å². The number of hydrogen-bond acceptors (Lipinski definition) is 3. The van der Waals surface area contributed by atoms with E-state index in [0.29, 0.717) is 12.2 Å². The van der Waals surface area contributed by atoms with Crippen molar-refractivity contribution in [3.8, 4) is 0 Å². The SMILES string of the molecule is C=C1O[C@@]2(C)[C@H](CC)C(=O)C[C@@]12[C@@H](O)[C@@H]1C=CCCC1. The Kier molecular flexibility index (Phi) is 3.09. The summed E-state index contributed by atoms with van der Waals surface area (Å²) in [7, 11) is 0. The minimum atomic E-state index is -0.572. The highest BCUT2D eigenvalue weighted by Crippen LogP contribution is 2.66. The minimum absolute atomic E-state index is 0.116. The maximum Gasteiger partial charge on any atom is 0.141 e. The summed E-state index contributed by atoms with van der Waals surface area (Å²) in [6.45, 7) is 7.98. The second-order valence-corrected chi connectivity index (χ2v) is 6.68. The van der Waals surface area contributed by atoms with Crippen molar-refractivity contribution in [2.75, 3.05) is 0 Å². The van der Waals surface area contributed by atoms with Crippen LogP contribution < -0.4 is 0 Å². The van der Waals surface area contributed by atoms with E-state index in [1.54, 1.807) is 0 Å². The van der Waals surface area contributed by atoms with Crippen LogP contribution in [0.3, 0.4) is 0 Å². The summed E-state index contributed by atoms with van der Waals surface area (Å²) in [6, 6.07) is 0. The lowest BCUT2D eigenvalue weighted by atomic mass is 9.59. The number of allylic oxidation sites excluding steroid dienone is 1. The number of ether oxygens (including phenoxy) is 1. The van der Waals surface area contributed by atoms with E-state index in [1.165, 1.54) is 0 Å². The lowest BCUT2D eigenvalue weighted by Crippen LogP contribution is -2.65. The van der Waals surface area contributed by atoms with E-state index in [1.807, 2.05) is 13.8 Å². The van der Waals surface area contributed by atoms with Gasteiger partial charge in [-0.3, -0.25) is 4.79 Å². The maximum atomic E-state index is 12.4. The van der Waals surface area contributed by atoms with E-state index in [4.69, 9.17) is 4.74 Å². The summed E-state index contributed by atoms with van der Waals surface area (Å²) < 4.78 is 5.84. The molecule has 5 atom stereocenters. The zero-order valence-corrected chi connectivity index (χ0v) is 12.4. The summed E-state index contributed by atoms with van der Waals surface area (Å²) >= 11 is 0. The van der Waals surface area contributed by atoms with Crippen LogP contribution in [0.1, 0.15) is 46.0 Å². The predicted molar refractivity (Wildman–Crippen MR) is 77.0 cm³/mol. The number of hydrogen-bond donors (Lipinski definition) is 1. The second-order valence-electron chi connectivity index (χ2n) is 6.68. The number of rotatable bonds is 3. The molecule has 0 aromatic rings. The molecule has 2 fully saturated rings. The second kappa shape index (κ2) is 4.45. The Labute approximate surface area is 120 Å². The molecule has 3 nitrogen and oxygen atoms in total. The predicted octanol–water partition coefficient (Wildman–Crippen LogP) is 2.99. The quantitative estimate of drug-likeness (QED) is 0.806. The molecule has 0 bridgehead atoms. The molecule has 3 aliphatic rings. The third-order valence-corrected chi connectivity index (χ3v) is 5.84. The van der Waals surface area contributed by atoms with Crippen molar-refractivity contribution in [3.63, 3.8) is 0 Å². The molecular formula is C17H24O3. The highest BCUT2D eigenvalue weighted by Gasteiger charge is 2.75. The van der Waals surface area contributed by atoms with Crippen LogP contribution >= 0.6 is 0 Å². The molecule has 0 unspecified atom stereocenters. The van der Waals surface area contributed by atoms with Gasteiger partial charge >= 0.3 is 0 Å². The number of carbonyl (C=O) groups excluding carboxylic acids is 1. The molecule has 3 heteroatoms. The van der Waals surface area contributed by atoms with Crippen molar-refractivity contribution >= 4 is 5.78 Å². The molecule has 0 amide bonds. The van der Waals surface area contributed by atoms with Crippen molar-refractivity contribution in [2.45, 2.75) is 57.7 Å². The highest BCUT2D eigenvalue weighted by atomic mass is 16.5. The van der Waals surface area contributed by atoms with Crippen LogP contribution in [-0.4, -0.2) is 22.6 Å². The first-order valence-corrected chi connectivity index (χ1v) is 7.73. The van der Waals surface area contributed by atoms with E-state index < -0.39 is 17.1 Å². The maximum absolute atomic E-state index is 12.4. The van der Waals surface area contributed by atoms with Gasteiger partial charge in [0.1, 0.15) is 22.6 Å². The van der Waals surface area contributed by atoms with Crippen molar-refractivity contribution in [1.82, 2.24) is 0 Å². The smallest absolute Gasteiger partial charge is 0.141 e. The Bertz CT molecular complexity index is 481. The van der Waals surface area contributed by atoms with Crippen molar-refractivity contribution in [2.24, 2.45) is 17.3 Å². The molecule has 1 N–H and O–H groups in total. The van der Waals surface area contributed by atoms with Crippen LogP contribution in [0.2, 0.25) is 0 Å². The third-order valence-electron chi connectivity index (χ3n) is 5.84. The zero-order chi connectivity index (χ0) is 14.5. The van der Waals surface area contributed by atoms with Gasteiger partial charge in [-0.25, -0.2) is 0 Å². The number of fused-ring (bicyclic) bond motifs is 1. The Morgan fingerprint density at radius 2 is 2.35 bits per heavy atom. The number of Topliss-reactive ketones (excluding diaryl/α,β-unsaturated/α-hetero) is 1. The van der Waals surface area contributed by atoms with Gasteiger partial charge in [0, 0.05) is 12.3 Å². The van der Waals surface area contributed by atoms with Crippen LogP contribution in [0, 0.1) is 17.3 Å². The average Bonchev–Trinajstić information content (AvgIpc) is 2.62. The Morgan fingerprint density at radius 1 is 1.60 bits per heavy atom. The van der Waals surface area contributed by atoms with E-state index in [0.717, 1.165) is 25.7 Å². The largest absolute Gasteiger partial charge is 0.490 e. The molecule has 20 heavy (non-hydrogen) atoms. The first kappa shape index (κ1) is 13.9. The number of ketones is 1. The van der Waals surface area contributed by atoms with Gasteiger partial charge in [-0.1, -0.05) is 25.7 Å². The molecule has 0 aromatic heterocycles. The summed E-state index contributed by atoms with van der Waals surface area (Å²) in [6.07, 6.45) is 7.99. The van der Waals surface area contributed by atoms with Gasteiger partial charge in [0.2, 0.25) is 0 Å². The molecule has 1 saturated carbocycles. The van der Waals surface area contributed by atoms with E-state index in [2.05, 4.69) is 18.7 Å². The van der Waals surface area contributed by atoms with Gasteiger partial charge in [0.15, 0.2) is 0 Å². The average molecular weight is 276 g/mol. The molecule has 1 saturated heterocycles. The Morgan fingerprint density at radius 3 is 2.90 bits per heavy atom. The van der Waals surface area contributed by atoms with Crippen molar-refractivity contribution in [1.29, 1.82) is 0 Å². The van der Waals surface area contributed by atoms with Gasteiger partial charge in [0.25, 0.3) is 0 Å². The molecule has 3 rings (SSSR count). The van der Waals surface area contributed by atoms with Crippen LogP contribution in [0.15, 0.2) is 24.5 Å². The standard InChI is InChI=1S/C17H24O3/c1-4-13-14(18)10-17(11(2)20-16(13,17)3)15(19)12-8-6-5-7-9-12/h6,8,12-13,15,19H,2,4-5,7,9-10H2,1,3H3/t12-,13-,15+,16+,17+/m1/s1. The fraction of sp³-hybridized carbons (Fsp3) is 0.706. The lowest BCUT2D eigenvalue weighted by Gasteiger charge is -2.59. The lowest BCUT2D eigenvalue weighted by molar-refractivity contribution is -0.243. The monoisotopic (exact) mass is 276 g/mol. The normalized spacial score (nSPS) is 44.8. The van der Waals surface area contributed by atoms with E-state index >= 15 is 0 Å². The Balaban J connectivity index is 1.97. The van der Waals surface area contributed by atoms with Crippen LogP contribution in [0.25, 0.3) is 0 Å². The van der Waals surface area contributed by atoms with Crippen LogP contribution in [0.4, 0.5) is 0 Å². The summed E-state index contributed by atoms with van der Waals surface area (Å²) in [4.78, 5) is 12.4. The summed E-state index contributed by atoms with van der Waals surface area (Å²) in [5.41, 5.74) is -1.14. The molecule has 2 aliphatic carbocycles. The van der Waals surface area contributed by atoms with Gasteiger partial charge in [0.05, 0.1) is 12.0 Å². The van der Waals surface area contributed by atoms with Gasteiger partial charge < -0.3 is 9.84 Å². The van der Waals surface area contributed by atoms with Gasteiger partial charge in [-0.2, -0.15) is 0 Å². The van der Waals surface area contributed by atoms with Crippen LogP contribution in [0.5, 0.6) is 0 Å². The topological polar surface area (TPSA) is 46.5 Å². The summed E-state index contributed by atoms with van der Waals surface area (Å²) in [5.74, 6) is 0.825. The number of carbonyl (C=O) groups is 1.